The molecule has 0 aliphatic heterocycles. The molecule has 0 radical (unpaired) electrons. The number of fused-ring (bicyclic) bond motifs is 1. The fourth-order valence-corrected chi connectivity index (χ4v) is 2.14. The van der Waals surface area contributed by atoms with E-state index in [0.717, 1.165) is 5.56 Å². The van der Waals surface area contributed by atoms with Gasteiger partial charge < -0.3 is 5.73 Å². The van der Waals surface area contributed by atoms with Crippen molar-refractivity contribution in [1.29, 1.82) is 0 Å². The molecule has 4 nitrogen and oxygen atoms in total. The van der Waals surface area contributed by atoms with Gasteiger partial charge in [-0.25, -0.2) is 14.4 Å². The molecule has 6 heteroatoms. The molecule has 0 aliphatic carbocycles. The summed E-state index contributed by atoms with van der Waals surface area (Å²) in [6, 6.07) is 6.43. The number of imidazole rings is 1. The van der Waals surface area contributed by atoms with E-state index in [4.69, 9.17) is 17.3 Å². The quantitative estimate of drug-likeness (QED) is 0.743. The van der Waals surface area contributed by atoms with Crippen molar-refractivity contribution in [3.05, 3.63) is 46.9 Å². The largest absolute Gasteiger partial charge is 0.369 e. The Bertz CT molecular complexity index is 782. The van der Waals surface area contributed by atoms with Gasteiger partial charge >= 0.3 is 0 Å². The number of nitrogen functional groups attached to an aromatic ring is 1. The molecular weight excluding hydrogens is 267 g/mol. The smallest absolute Gasteiger partial charge is 0.207 e. The topological polar surface area (TPSA) is 56.7 Å². The summed E-state index contributed by atoms with van der Waals surface area (Å²) in [5.74, 6) is -0.206. The average Bonchev–Trinajstić information content (AvgIpc) is 2.67. The van der Waals surface area contributed by atoms with E-state index >= 15 is 0 Å². The first-order valence-electron chi connectivity index (χ1n) is 5.62. The molecule has 2 N–H and O–H groups in total. The Morgan fingerprint density at radius 1 is 1.32 bits per heavy atom. The third kappa shape index (κ3) is 1.92. The van der Waals surface area contributed by atoms with Crippen molar-refractivity contribution in [3.63, 3.8) is 0 Å². The maximum atomic E-state index is 14.0. The van der Waals surface area contributed by atoms with E-state index in [1.54, 1.807) is 18.2 Å². The Morgan fingerprint density at radius 2 is 2.11 bits per heavy atom. The van der Waals surface area contributed by atoms with Crippen molar-refractivity contribution in [2.75, 3.05) is 5.73 Å². The summed E-state index contributed by atoms with van der Waals surface area (Å²) in [6.07, 6.45) is 1.48. The van der Waals surface area contributed by atoms with Crippen molar-refractivity contribution in [2.45, 2.75) is 6.92 Å². The van der Waals surface area contributed by atoms with Gasteiger partial charge in [0.15, 0.2) is 5.65 Å². The lowest BCUT2D eigenvalue weighted by molar-refractivity contribution is 0.619. The van der Waals surface area contributed by atoms with Crippen LogP contribution in [0.3, 0.4) is 0 Å². The molecule has 2 aromatic heterocycles. The van der Waals surface area contributed by atoms with Gasteiger partial charge in [-0.3, -0.25) is 4.57 Å². The zero-order valence-corrected chi connectivity index (χ0v) is 10.8. The number of benzene rings is 1. The number of hydrogen-bond donors (Lipinski definition) is 1. The monoisotopic (exact) mass is 276 g/mol. The predicted molar refractivity (Wildman–Crippen MR) is 73.0 cm³/mol. The summed E-state index contributed by atoms with van der Waals surface area (Å²) in [5, 5.41) is 0.460. The number of aryl methyl sites for hydroxylation is 1. The first-order valence-corrected chi connectivity index (χ1v) is 6.00. The molecule has 0 amide bonds. The fourth-order valence-electron chi connectivity index (χ4n) is 1.99. The highest BCUT2D eigenvalue weighted by molar-refractivity contribution is 6.31. The van der Waals surface area contributed by atoms with Gasteiger partial charge in [-0.1, -0.05) is 17.7 Å². The lowest BCUT2D eigenvalue weighted by Gasteiger charge is -2.08. The zero-order valence-electron chi connectivity index (χ0n) is 10.1. The highest BCUT2D eigenvalue weighted by atomic mass is 35.5. The standard InChI is InChI=1S/C13H10ClFN4/c1-7-2-3-9(15)11(4-7)19-12-10(18-13(19)16)5-8(14)6-17-12/h2-6H,1H3,(H2,16,18). The lowest BCUT2D eigenvalue weighted by Crippen LogP contribution is -2.04. The maximum absolute atomic E-state index is 14.0. The van der Waals surface area contributed by atoms with Gasteiger partial charge in [0.25, 0.3) is 0 Å². The van der Waals surface area contributed by atoms with Crippen LogP contribution in [0, 0.1) is 12.7 Å². The summed E-state index contributed by atoms with van der Waals surface area (Å²) in [5.41, 5.74) is 8.12. The maximum Gasteiger partial charge on any atom is 0.207 e. The van der Waals surface area contributed by atoms with Crippen LogP contribution in [0.2, 0.25) is 5.02 Å². The van der Waals surface area contributed by atoms with Gasteiger partial charge in [-0.15, -0.1) is 0 Å². The van der Waals surface area contributed by atoms with Gasteiger partial charge in [0.2, 0.25) is 5.95 Å². The summed E-state index contributed by atoms with van der Waals surface area (Å²) in [6.45, 7) is 1.88. The minimum atomic E-state index is -0.381. The molecule has 1 aromatic carbocycles. The molecule has 0 saturated heterocycles. The number of rotatable bonds is 1. The van der Waals surface area contributed by atoms with Crippen LogP contribution in [0.25, 0.3) is 16.9 Å². The second-order valence-electron chi connectivity index (χ2n) is 4.26. The van der Waals surface area contributed by atoms with Crippen molar-refractivity contribution in [2.24, 2.45) is 0 Å². The van der Waals surface area contributed by atoms with Crippen molar-refractivity contribution < 1.29 is 4.39 Å². The molecule has 0 fully saturated rings. The second-order valence-corrected chi connectivity index (χ2v) is 4.69. The normalized spacial score (nSPS) is 11.1. The van der Waals surface area contributed by atoms with Gasteiger partial charge in [-0.2, -0.15) is 0 Å². The van der Waals surface area contributed by atoms with Crippen LogP contribution in [0.4, 0.5) is 10.3 Å². The van der Waals surface area contributed by atoms with Gasteiger partial charge in [0, 0.05) is 6.20 Å². The number of hydrogen-bond acceptors (Lipinski definition) is 3. The van der Waals surface area contributed by atoms with E-state index < -0.39 is 0 Å². The third-order valence-corrected chi connectivity index (χ3v) is 3.04. The SMILES string of the molecule is Cc1ccc(F)c(-n2c(N)nc3cc(Cl)cnc32)c1. The van der Waals surface area contributed by atoms with Crippen molar-refractivity contribution in [3.8, 4) is 5.69 Å². The Hall–Kier alpha value is -2.14. The molecule has 0 bridgehead atoms. The second kappa shape index (κ2) is 4.20. The molecule has 0 unspecified atom stereocenters. The Labute approximate surface area is 113 Å². The van der Waals surface area contributed by atoms with Crippen LogP contribution in [-0.4, -0.2) is 14.5 Å². The predicted octanol–water partition coefficient (Wildman–Crippen LogP) is 3.10. The molecule has 2 heterocycles. The van der Waals surface area contributed by atoms with E-state index in [-0.39, 0.29) is 11.8 Å². The Balaban J connectivity index is 2.36. The molecule has 3 rings (SSSR count). The summed E-state index contributed by atoms with van der Waals surface area (Å²) in [7, 11) is 0. The van der Waals surface area contributed by atoms with E-state index in [0.29, 0.717) is 21.9 Å². The Kier molecular flexibility index (Phi) is 2.64. The average molecular weight is 277 g/mol. The van der Waals surface area contributed by atoms with E-state index in [1.807, 2.05) is 6.92 Å². The number of anilines is 1. The molecule has 3 aromatic rings. The van der Waals surface area contributed by atoms with E-state index in [2.05, 4.69) is 9.97 Å². The Morgan fingerprint density at radius 3 is 2.89 bits per heavy atom. The van der Waals surface area contributed by atoms with Crippen molar-refractivity contribution in [1.82, 2.24) is 14.5 Å². The summed E-state index contributed by atoms with van der Waals surface area (Å²) >= 11 is 5.86. The van der Waals surface area contributed by atoms with Gasteiger partial charge in [-0.05, 0) is 30.7 Å². The van der Waals surface area contributed by atoms with Crippen LogP contribution in [0.1, 0.15) is 5.56 Å². The van der Waals surface area contributed by atoms with Crippen LogP contribution in [-0.2, 0) is 0 Å². The van der Waals surface area contributed by atoms with Crippen LogP contribution >= 0.6 is 11.6 Å². The minimum absolute atomic E-state index is 0.175. The highest BCUT2D eigenvalue weighted by Gasteiger charge is 2.14. The molecule has 0 aliphatic rings. The summed E-state index contributed by atoms with van der Waals surface area (Å²) < 4.78 is 15.4. The van der Waals surface area contributed by atoms with E-state index in [1.165, 1.54) is 16.8 Å². The first-order chi connectivity index (χ1) is 9.06. The summed E-state index contributed by atoms with van der Waals surface area (Å²) in [4.78, 5) is 8.32. The number of nitrogens with two attached hydrogens (primary N) is 1. The van der Waals surface area contributed by atoms with Crippen LogP contribution in [0.5, 0.6) is 0 Å². The van der Waals surface area contributed by atoms with Crippen LogP contribution < -0.4 is 5.73 Å². The number of nitrogens with zero attached hydrogens (tertiary/aromatic N) is 3. The molecule has 96 valence electrons. The number of halogens is 2. The molecule has 19 heavy (non-hydrogen) atoms. The first kappa shape index (κ1) is 11.9. The van der Waals surface area contributed by atoms with Crippen molar-refractivity contribution >= 4 is 28.7 Å². The molecule has 0 spiro atoms. The fraction of sp³-hybridized carbons (Fsp3) is 0.0769. The third-order valence-electron chi connectivity index (χ3n) is 2.83. The molecule has 0 saturated carbocycles. The zero-order chi connectivity index (χ0) is 13.6. The van der Waals surface area contributed by atoms with Crippen LogP contribution in [0.15, 0.2) is 30.5 Å². The van der Waals surface area contributed by atoms with Gasteiger partial charge in [0.1, 0.15) is 11.3 Å². The van der Waals surface area contributed by atoms with E-state index in [9.17, 15) is 4.39 Å². The highest BCUT2D eigenvalue weighted by Crippen LogP contribution is 2.25. The minimum Gasteiger partial charge on any atom is -0.369 e. The molecular formula is C13H10ClFN4. The molecule has 0 atom stereocenters. The number of pyridine rings is 1. The lowest BCUT2D eigenvalue weighted by atomic mass is 10.2. The van der Waals surface area contributed by atoms with Gasteiger partial charge in [0.05, 0.1) is 10.7 Å². The number of aromatic nitrogens is 3.